The lowest BCUT2D eigenvalue weighted by atomic mass is 9.97. The van der Waals surface area contributed by atoms with Crippen LogP contribution < -0.4 is 5.32 Å². The summed E-state index contributed by atoms with van der Waals surface area (Å²) in [7, 11) is 0. The molecular formula is C13H17Cl2F3N2O. The van der Waals surface area contributed by atoms with Crippen molar-refractivity contribution in [2.75, 3.05) is 32.8 Å². The Morgan fingerprint density at radius 3 is 2.48 bits per heavy atom. The largest absolute Gasteiger partial charge is 0.390 e. The molecule has 0 bridgehead atoms. The van der Waals surface area contributed by atoms with Crippen LogP contribution in [-0.2, 0) is 0 Å². The van der Waals surface area contributed by atoms with Crippen LogP contribution in [-0.4, -0.2) is 48.7 Å². The number of aliphatic hydroxyl groups is 1. The van der Waals surface area contributed by atoms with E-state index in [9.17, 15) is 13.2 Å². The van der Waals surface area contributed by atoms with Crippen molar-refractivity contribution in [3.63, 3.8) is 0 Å². The monoisotopic (exact) mass is 344 g/mol. The number of halogens is 5. The van der Waals surface area contributed by atoms with Crippen LogP contribution in [0.15, 0.2) is 18.2 Å². The molecule has 1 fully saturated rings. The Balaban J connectivity index is 0.00000220. The molecule has 21 heavy (non-hydrogen) atoms. The van der Waals surface area contributed by atoms with E-state index in [0.29, 0.717) is 26.2 Å². The van der Waals surface area contributed by atoms with Gasteiger partial charge in [0.2, 0.25) is 0 Å². The van der Waals surface area contributed by atoms with Crippen LogP contribution in [0.1, 0.15) is 11.6 Å². The van der Waals surface area contributed by atoms with E-state index in [1.165, 1.54) is 17.0 Å². The Hall–Kier alpha value is -0.530. The van der Waals surface area contributed by atoms with E-state index >= 15 is 0 Å². The maximum absolute atomic E-state index is 14.1. The van der Waals surface area contributed by atoms with Gasteiger partial charge in [-0.15, -0.1) is 12.4 Å². The highest BCUT2D eigenvalue weighted by molar-refractivity contribution is 6.31. The molecule has 0 aromatic heterocycles. The zero-order chi connectivity index (χ0) is 14.8. The summed E-state index contributed by atoms with van der Waals surface area (Å²) in [6, 6.07) is 2.28. The van der Waals surface area contributed by atoms with Gasteiger partial charge in [-0.25, -0.2) is 13.2 Å². The van der Waals surface area contributed by atoms with Crippen LogP contribution in [0.3, 0.4) is 0 Å². The average Bonchev–Trinajstić information content (AvgIpc) is 2.43. The summed E-state index contributed by atoms with van der Waals surface area (Å²) in [5.41, 5.74) is -0.255. The molecule has 1 saturated heterocycles. The first-order chi connectivity index (χ1) is 9.47. The maximum atomic E-state index is 14.1. The summed E-state index contributed by atoms with van der Waals surface area (Å²) >= 11 is 5.91. The summed E-state index contributed by atoms with van der Waals surface area (Å²) in [6.07, 6.45) is 0. The lowest BCUT2D eigenvalue weighted by Crippen LogP contribution is -2.51. The molecule has 0 amide bonds. The molecule has 8 heteroatoms. The van der Waals surface area contributed by atoms with Gasteiger partial charge in [0.15, 0.2) is 0 Å². The standard InChI is InChI=1S/C13H16ClF3N2O.ClH/c14-9-2-1-3-10(15)11(9)12(13(16,17)8-20)19-6-4-18-5-7-19;/h1-3,12,18,20H,4-8H2;1H/t12-;/m0./s1. The van der Waals surface area contributed by atoms with Crippen molar-refractivity contribution in [1.29, 1.82) is 0 Å². The molecule has 1 atom stereocenters. The first-order valence-corrected chi connectivity index (χ1v) is 6.72. The lowest BCUT2D eigenvalue weighted by molar-refractivity contribution is -0.119. The van der Waals surface area contributed by atoms with Gasteiger partial charge in [0.25, 0.3) is 5.92 Å². The molecule has 1 aromatic rings. The number of nitrogens with zero attached hydrogens (tertiary/aromatic N) is 1. The molecule has 0 saturated carbocycles. The van der Waals surface area contributed by atoms with Crippen molar-refractivity contribution in [3.8, 4) is 0 Å². The first-order valence-electron chi connectivity index (χ1n) is 6.34. The van der Waals surface area contributed by atoms with Crippen molar-refractivity contribution in [1.82, 2.24) is 10.2 Å². The Bertz CT molecular complexity index is 450. The smallest absolute Gasteiger partial charge is 0.290 e. The van der Waals surface area contributed by atoms with Gasteiger partial charge in [0.05, 0.1) is 0 Å². The van der Waals surface area contributed by atoms with Crippen LogP contribution in [0.5, 0.6) is 0 Å². The zero-order valence-electron chi connectivity index (χ0n) is 11.2. The highest BCUT2D eigenvalue weighted by atomic mass is 35.5. The second-order valence-corrected chi connectivity index (χ2v) is 5.15. The first kappa shape index (κ1) is 18.5. The van der Waals surface area contributed by atoms with Crippen molar-refractivity contribution in [3.05, 3.63) is 34.6 Å². The number of hydrogen-bond acceptors (Lipinski definition) is 3. The molecule has 1 aromatic carbocycles. The van der Waals surface area contributed by atoms with Gasteiger partial charge >= 0.3 is 0 Å². The summed E-state index contributed by atoms with van der Waals surface area (Å²) < 4.78 is 42.2. The van der Waals surface area contributed by atoms with Crippen molar-refractivity contribution >= 4 is 24.0 Å². The van der Waals surface area contributed by atoms with E-state index in [1.807, 2.05) is 0 Å². The Kier molecular flexibility index (Phi) is 6.74. The van der Waals surface area contributed by atoms with Crippen LogP contribution in [0.25, 0.3) is 0 Å². The number of hydrogen-bond donors (Lipinski definition) is 2. The molecule has 0 aliphatic carbocycles. The van der Waals surface area contributed by atoms with Crippen LogP contribution in [0.4, 0.5) is 13.2 Å². The fraction of sp³-hybridized carbons (Fsp3) is 0.538. The van der Waals surface area contributed by atoms with E-state index in [4.69, 9.17) is 16.7 Å². The summed E-state index contributed by atoms with van der Waals surface area (Å²) in [5, 5.41) is 12.0. The average molecular weight is 345 g/mol. The van der Waals surface area contributed by atoms with Gasteiger partial charge in [0, 0.05) is 36.8 Å². The molecule has 0 unspecified atom stereocenters. The van der Waals surface area contributed by atoms with E-state index in [0.717, 1.165) is 6.07 Å². The molecule has 0 spiro atoms. The number of piperazine rings is 1. The summed E-state index contributed by atoms with van der Waals surface area (Å²) in [6.45, 7) is 0.385. The molecule has 1 aliphatic heterocycles. The second kappa shape index (κ2) is 7.65. The Morgan fingerprint density at radius 2 is 1.95 bits per heavy atom. The van der Waals surface area contributed by atoms with Gasteiger partial charge in [-0.3, -0.25) is 4.90 Å². The third-order valence-corrected chi connectivity index (χ3v) is 3.73. The third kappa shape index (κ3) is 4.02. The second-order valence-electron chi connectivity index (χ2n) is 4.74. The molecule has 2 N–H and O–H groups in total. The molecule has 1 heterocycles. The van der Waals surface area contributed by atoms with Gasteiger partial charge in [0.1, 0.15) is 18.5 Å². The minimum absolute atomic E-state index is 0. The molecule has 2 rings (SSSR count). The predicted molar refractivity (Wildman–Crippen MR) is 77.9 cm³/mol. The molecule has 1 aliphatic rings. The van der Waals surface area contributed by atoms with Crippen molar-refractivity contribution in [2.45, 2.75) is 12.0 Å². The predicted octanol–water partition coefficient (Wildman–Crippen LogP) is 2.47. The zero-order valence-corrected chi connectivity index (χ0v) is 12.7. The Labute approximate surface area is 132 Å². The van der Waals surface area contributed by atoms with Crippen molar-refractivity contribution in [2.24, 2.45) is 0 Å². The van der Waals surface area contributed by atoms with Gasteiger partial charge in [-0.2, -0.15) is 0 Å². The normalized spacial score (nSPS) is 18.1. The highest BCUT2D eigenvalue weighted by Gasteiger charge is 2.46. The van der Waals surface area contributed by atoms with Crippen LogP contribution in [0, 0.1) is 5.82 Å². The highest BCUT2D eigenvalue weighted by Crippen LogP contribution is 2.40. The number of rotatable bonds is 4. The number of benzene rings is 1. The summed E-state index contributed by atoms with van der Waals surface area (Å²) in [4.78, 5) is 1.46. The van der Waals surface area contributed by atoms with Gasteiger partial charge in [-0.05, 0) is 12.1 Å². The van der Waals surface area contributed by atoms with Gasteiger partial charge in [-0.1, -0.05) is 17.7 Å². The quantitative estimate of drug-likeness (QED) is 0.880. The van der Waals surface area contributed by atoms with E-state index in [2.05, 4.69) is 5.32 Å². The van der Waals surface area contributed by atoms with Crippen LogP contribution in [0.2, 0.25) is 5.02 Å². The minimum Gasteiger partial charge on any atom is -0.390 e. The Morgan fingerprint density at radius 1 is 1.33 bits per heavy atom. The molecule has 0 radical (unpaired) electrons. The third-order valence-electron chi connectivity index (χ3n) is 3.40. The summed E-state index contributed by atoms with van der Waals surface area (Å²) in [5.74, 6) is -4.25. The van der Waals surface area contributed by atoms with E-state index in [-0.39, 0.29) is 23.0 Å². The topological polar surface area (TPSA) is 35.5 Å². The van der Waals surface area contributed by atoms with E-state index in [1.54, 1.807) is 0 Å². The van der Waals surface area contributed by atoms with Gasteiger partial charge < -0.3 is 10.4 Å². The van der Waals surface area contributed by atoms with Crippen molar-refractivity contribution < 1.29 is 18.3 Å². The SMILES string of the molecule is Cl.OCC(F)(F)[C@H](c1c(F)cccc1Cl)N1CCNCC1. The molecular weight excluding hydrogens is 328 g/mol. The lowest BCUT2D eigenvalue weighted by Gasteiger charge is -2.39. The maximum Gasteiger partial charge on any atom is 0.290 e. The van der Waals surface area contributed by atoms with E-state index < -0.39 is 24.4 Å². The molecule has 120 valence electrons. The minimum atomic E-state index is -3.47. The number of nitrogens with one attached hydrogen (secondary N) is 1. The fourth-order valence-corrected chi connectivity index (χ4v) is 2.73. The fourth-order valence-electron chi connectivity index (χ4n) is 2.46. The van der Waals surface area contributed by atoms with Crippen LogP contribution >= 0.6 is 24.0 Å². The molecule has 3 nitrogen and oxygen atoms in total. The number of alkyl halides is 2. The number of aliphatic hydroxyl groups excluding tert-OH is 1.